The molecule has 0 N–H and O–H groups in total. The van der Waals surface area contributed by atoms with Crippen molar-refractivity contribution in [1.82, 2.24) is 19.5 Å². The molecule has 1 atom stereocenters. The molecule has 2 aromatic rings. The number of fused-ring (bicyclic) bond motifs is 1. The van der Waals surface area contributed by atoms with Crippen LogP contribution < -0.4 is 0 Å². The summed E-state index contributed by atoms with van der Waals surface area (Å²) in [5, 5.41) is 9.22. The summed E-state index contributed by atoms with van der Waals surface area (Å²) in [6.07, 6.45) is 5.64. The molecular formula is C12H15ClN4. The molecule has 1 aliphatic rings. The van der Waals surface area contributed by atoms with Gasteiger partial charge in [-0.2, -0.15) is 0 Å². The van der Waals surface area contributed by atoms with E-state index in [4.69, 9.17) is 11.6 Å². The molecule has 0 radical (unpaired) electrons. The van der Waals surface area contributed by atoms with Gasteiger partial charge >= 0.3 is 0 Å². The molecule has 3 rings (SSSR count). The first-order valence-corrected chi connectivity index (χ1v) is 6.34. The molecule has 0 amide bonds. The maximum absolute atomic E-state index is 5.95. The fourth-order valence-corrected chi connectivity index (χ4v) is 2.67. The summed E-state index contributed by atoms with van der Waals surface area (Å²) in [6, 6.07) is 4.10. The van der Waals surface area contributed by atoms with Crippen LogP contribution in [0.5, 0.6) is 0 Å². The van der Waals surface area contributed by atoms with E-state index < -0.39 is 0 Å². The maximum Gasteiger partial charge on any atom is 0.162 e. The summed E-state index contributed by atoms with van der Waals surface area (Å²) >= 11 is 5.95. The molecule has 0 spiro atoms. The number of aromatic nitrogens is 3. The van der Waals surface area contributed by atoms with Crippen LogP contribution >= 0.6 is 11.6 Å². The van der Waals surface area contributed by atoms with Crippen molar-refractivity contribution < 1.29 is 0 Å². The van der Waals surface area contributed by atoms with Crippen molar-refractivity contribution in [3.8, 4) is 0 Å². The van der Waals surface area contributed by atoms with E-state index in [0.717, 1.165) is 24.4 Å². The number of nitrogens with zero attached hydrogens (tertiary/aromatic N) is 4. The zero-order valence-electron chi connectivity index (χ0n) is 9.80. The summed E-state index contributed by atoms with van der Waals surface area (Å²) in [4.78, 5) is 2.36. The fourth-order valence-electron chi connectivity index (χ4n) is 2.51. The highest BCUT2D eigenvalue weighted by Gasteiger charge is 2.24. The van der Waals surface area contributed by atoms with E-state index in [-0.39, 0.29) is 0 Å². The third kappa shape index (κ3) is 1.91. The first-order valence-electron chi connectivity index (χ1n) is 5.96. The average Bonchev–Trinajstić information content (AvgIpc) is 2.72. The Morgan fingerprint density at radius 1 is 1.35 bits per heavy atom. The van der Waals surface area contributed by atoms with Crippen molar-refractivity contribution in [1.29, 1.82) is 0 Å². The molecule has 17 heavy (non-hydrogen) atoms. The topological polar surface area (TPSA) is 33.4 Å². The van der Waals surface area contributed by atoms with Crippen molar-refractivity contribution in [3.63, 3.8) is 0 Å². The standard InChI is InChI=1S/C12H15ClN4/c1-16-6-3-2-4-10(16)12-15-14-11-8-9(13)5-7-17(11)12/h5,7-8,10H,2-4,6H2,1H3. The summed E-state index contributed by atoms with van der Waals surface area (Å²) < 4.78 is 2.04. The quantitative estimate of drug-likeness (QED) is 0.780. The van der Waals surface area contributed by atoms with Gasteiger partial charge in [0.1, 0.15) is 0 Å². The van der Waals surface area contributed by atoms with Crippen LogP contribution in [0.2, 0.25) is 5.02 Å². The molecule has 4 nitrogen and oxygen atoms in total. The lowest BCUT2D eigenvalue weighted by molar-refractivity contribution is 0.178. The SMILES string of the molecule is CN1CCCCC1c1nnc2cc(Cl)ccn12. The first kappa shape index (κ1) is 11.0. The van der Waals surface area contributed by atoms with E-state index >= 15 is 0 Å². The van der Waals surface area contributed by atoms with Crippen LogP contribution in [0.25, 0.3) is 5.65 Å². The number of likely N-dealkylation sites (tertiary alicyclic amines) is 1. The number of hydrogen-bond acceptors (Lipinski definition) is 3. The smallest absolute Gasteiger partial charge is 0.162 e. The largest absolute Gasteiger partial charge is 0.296 e. The van der Waals surface area contributed by atoms with Gasteiger partial charge in [0.2, 0.25) is 0 Å². The number of piperidine rings is 1. The molecule has 2 aromatic heterocycles. The van der Waals surface area contributed by atoms with Crippen LogP contribution in [0.3, 0.4) is 0 Å². The maximum atomic E-state index is 5.95. The second-order valence-corrected chi connectivity index (χ2v) is 5.06. The Labute approximate surface area is 105 Å². The number of halogens is 1. The molecule has 0 bridgehead atoms. The van der Waals surface area contributed by atoms with Crippen LogP contribution in [0.4, 0.5) is 0 Å². The minimum absolute atomic E-state index is 0.375. The molecule has 3 heterocycles. The van der Waals surface area contributed by atoms with Gasteiger partial charge in [0.05, 0.1) is 6.04 Å². The van der Waals surface area contributed by atoms with Crippen molar-refractivity contribution >= 4 is 17.2 Å². The summed E-state index contributed by atoms with van der Waals surface area (Å²) in [7, 11) is 2.15. The van der Waals surface area contributed by atoms with Gasteiger partial charge in [-0.3, -0.25) is 9.30 Å². The minimum atomic E-state index is 0.375. The van der Waals surface area contributed by atoms with Crippen molar-refractivity contribution in [2.24, 2.45) is 0 Å². The average molecular weight is 251 g/mol. The highest BCUT2D eigenvalue weighted by atomic mass is 35.5. The lowest BCUT2D eigenvalue weighted by Gasteiger charge is -2.30. The molecule has 1 unspecified atom stereocenters. The second kappa shape index (κ2) is 4.27. The van der Waals surface area contributed by atoms with E-state index in [2.05, 4.69) is 22.1 Å². The first-order chi connectivity index (χ1) is 8.25. The number of rotatable bonds is 1. The van der Waals surface area contributed by atoms with E-state index in [1.807, 2.05) is 22.7 Å². The Morgan fingerprint density at radius 3 is 3.06 bits per heavy atom. The Hall–Kier alpha value is -1.13. The number of pyridine rings is 1. The van der Waals surface area contributed by atoms with E-state index in [1.165, 1.54) is 12.8 Å². The van der Waals surface area contributed by atoms with Crippen LogP contribution in [-0.4, -0.2) is 33.1 Å². The van der Waals surface area contributed by atoms with E-state index in [9.17, 15) is 0 Å². The van der Waals surface area contributed by atoms with E-state index in [0.29, 0.717) is 11.1 Å². The molecule has 0 saturated carbocycles. The van der Waals surface area contributed by atoms with Crippen molar-refractivity contribution in [2.45, 2.75) is 25.3 Å². The summed E-state index contributed by atoms with van der Waals surface area (Å²) in [5.74, 6) is 1.03. The summed E-state index contributed by atoms with van der Waals surface area (Å²) in [6.45, 7) is 1.13. The molecule has 90 valence electrons. The highest BCUT2D eigenvalue weighted by molar-refractivity contribution is 6.30. The molecular weight excluding hydrogens is 236 g/mol. The minimum Gasteiger partial charge on any atom is -0.296 e. The van der Waals surface area contributed by atoms with Gasteiger partial charge in [-0.15, -0.1) is 10.2 Å². The van der Waals surface area contributed by atoms with Gasteiger partial charge < -0.3 is 0 Å². The van der Waals surface area contributed by atoms with Crippen LogP contribution in [0.15, 0.2) is 18.3 Å². The molecule has 1 fully saturated rings. The lowest BCUT2D eigenvalue weighted by Crippen LogP contribution is -2.30. The van der Waals surface area contributed by atoms with E-state index in [1.54, 1.807) is 0 Å². The Balaban J connectivity index is 2.05. The molecule has 0 aliphatic carbocycles. The monoisotopic (exact) mass is 250 g/mol. The van der Waals surface area contributed by atoms with Gasteiger partial charge in [-0.25, -0.2) is 0 Å². The van der Waals surface area contributed by atoms with Gasteiger partial charge in [0.15, 0.2) is 11.5 Å². The summed E-state index contributed by atoms with van der Waals surface area (Å²) in [5.41, 5.74) is 0.825. The Bertz CT molecular complexity index is 536. The molecule has 5 heteroatoms. The van der Waals surface area contributed by atoms with Crippen LogP contribution in [-0.2, 0) is 0 Å². The lowest BCUT2D eigenvalue weighted by atomic mass is 10.0. The van der Waals surface area contributed by atoms with Crippen molar-refractivity contribution in [3.05, 3.63) is 29.2 Å². The van der Waals surface area contributed by atoms with Gasteiger partial charge in [0.25, 0.3) is 0 Å². The third-order valence-corrected chi connectivity index (χ3v) is 3.70. The van der Waals surface area contributed by atoms with Crippen LogP contribution in [0.1, 0.15) is 31.1 Å². The van der Waals surface area contributed by atoms with Crippen LogP contribution in [0, 0.1) is 0 Å². The third-order valence-electron chi connectivity index (χ3n) is 3.47. The normalized spacial score (nSPS) is 22.1. The zero-order valence-corrected chi connectivity index (χ0v) is 10.6. The van der Waals surface area contributed by atoms with Crippen molar-refractivity contribution in [2.75, 3.05) is 13.6 Å². The second-order valence-electron chi connectivity index (χ2n) is 4.62. The van der Waals surface area contributed by atoms with Gasteiger partial charge in [-0.05, 0) is 32.5 Å². The van der Waals surface area contributed by atoms with Gasteiger partial charge in [0, 0.05) is 17.3 Å². The molecule has 0 aromatic carbocycles. The molecule has 1 saturated heterocycles. The number of hydrogen-bond donors (Lipinski definition) is 0. The predicted octanol–water partition coefficient (Wildman–Crippen LogP) is 2.54. The predicted molar refractivity (Wildman–Crippen MR) is 67.2 cm³/mol. The zero-order chi connectivity index (χ0) is 11.8. The molecule has 1 aliphatic heterocycles. The highest BCUT2D eigenvalue weighted by Crippen LogP contribution is 2.28. The Kier molecular flexibility index (Phi) is 2.76. The Morgan fingerprint density at radius 2 is 2.24 bits per heavy atom. The fraction of sp³-hybridized carbons (Fsp3) is 0.500. The van der Waals surface area contributed by atoms with Gasteiger partial charge in [-0.1, -0.05) is 18.0 Å².